The van der Waals surface area contributed by atoms with Crippen LogP contribution in [0.5, 0.6) is 0 Å². The highest BCUT2D eigenvalue weighted by atomic mass is 16.6. The first-order valence-electron chi connectivity index (χ1n) is 11.1. The molecule has 2 heterocycles. The topological polar surface area (TPSA) is 112 Å². The second kappa shape index (κ2) is 9.40. The van der Waals surface area contributed by atoms with Crippen molar-refractivity contribution in [1.29, 1.82) is 0 Å². The first-order chi connectivity index (χ1) is 15.8. The van der Waals surface area contributed by atoms with Gasteiger partial charge in [0.05, 0.1) is 22.4 Å². The van der Waals surface area contributed by atoms with Crippen LogP contribution in [-0.2, 0) is 11.3 Å². The van der Waals surface area contributed by atoms with Gasteiger partial charge in [0.2, 0.25) is 5.91 Å². The molecular formula is C24H27N5O4. The van der Waals surface area contributed by atoms with Gasteiger partial charge in [0.25, 0.3) is 11.2 Å². The Morgan fingerprint density at radius 2 is 1.85 bits per heavy atom. The summed E-state index contributed by atoms with van der Waals surface area (Å²) in [5.41, 5.74) is 1.05. The van der Waals surface area contributed by atoms with Gasteiger partial charge in [-0.3, -0.25) is 19.7 Å². The molecule has 0 aliphatic carbocycles. The van der Waals surface area contributed by atoms with Crippen molar-refractivity contribution in [1.82, 2.24) is 14.9 Å². The summed E-state index contributed by atoms with van der Waals surface area (Å²) in [6.07, 6.45) is 1.21. The van der Waals surface area contributed by atoms with Crippen LogP contribution in [-0.4, -0.2) is 44.8 Å². The molecule has 1 saturated heterocycles. The van der Waals surface area contributed by atoms with Crippen LogP contribution in [0.1, 0.15) is 32.5 Å². The van der Waals surface area contributed by atoms with E-state index in [-0.39, 0.29) is 40.6 Å². The number of piperidine rings is 1. The molecule has 1 aliphatic heterocycles. The number of fused-ring (bicyclic) bond motifs is 1. The Kier molecular flexibility index (Phi) is 6.39. The molecule has 4 rings (SSSR count). The van der Waals surface area contributed by atoms with Crippen LogP contribution < -0.4 is 10.5 Å². The van der Waals surface area contributed by atoms with Gasteiger partial charge in [-0.25, -0.2) is 4.98 Å². The van der Waals surface area contributed by atoms with Crippen LogP contribution >= 0.6 is 0 Å². The molecule has 3 aromatic rings. The number of nitro groups is 1. The maximum atomic E-state index is 13.4. The smallest absolute Gasteiger partial charge is 0.292 e. The van der Waals surface area contributed by atoms with E-state index >= 15 is 0 Å². The van der Waals surface area contributed by atoms with E-state index in [9.17, 15) is 19.7 Å². The molecule has 1 fully saturated rings. The molecule has 1 amide bonds. The third kappa shape index (κ3) is 4.72. The van der Waals surface area contributed by atoms with Crippen molar-refractivity contribution >= 4 is 28.2 Å². The van der Waals surface area contributed by atoms with Crippen LogP contribution in [0.3, 0.4) is 0 Å². The quantitative estimate of drug-likeness (QED) is 0.455. The average Bonchev–Trinajstić information content (AvgIpc) is 2.82. The number of para-hydroxylation sites is 3. The molecule has 1 aliphatic rings. The van der Waals surface area contributed by atoms with Gasteiger partial charge in [0, 0.05) is 31.1 Å². The van der Waals surface area contributed by atoms with Crippen molar-refractivity contribution < 1.29 is 9.72 Å². The molecule has 0 saturated carbocycles. The fraction of sp³-hybridized carbons (Fsp3) is 0.375. The van der Waals surface area contributed by atoms with Gasteiger partial charge in [0.1, 0.15) is 11.5 Å². The third-order valence-corrected chi connectivity index (χ3v) is 6.15. The van der Waals surface area contributed by atoms with Crippen LogP contribution in [0, 0.1) is 16.0 Å². The summed E-state index contributed by atoms with van der Waals surface area (Å²) < 4.78 is 0. The van der Waals surface area contributed by atoms with E-state index < -0.39 is 0 Å². The van der Waals surface area contributed by atoms with Crippen LogP contribution in [0.25, 0.3) is 10.9 Å². The van der Waals surface area contributed by atoms with Gasteiger partial charge in [0.15, 0.2) is 0 Å². The average molecular weight is 450 g/mol. The number of aromatic amines is 1. The van der Waals surface area contributed by atoms with Gasteiger partial charge >= 0.3 is 0 Å². The molecule has 1 aromatic heterocycles. The number of benzene rings is 2. The van der Waals surface area contributed by atoms with Gasteiger partial charge in [-0.1, -0.05) is 24.3 Å². The zero-order valence-corrected chi connectivity index (χ0v) is 18.7. The summed E-state index contributed by atoms with van der Waals surface area (Å²) in [5, 5.41) is 11.9. The number of aromatic nitrogens is 2. The first-order valence-corrected chi connectivity index (χ1v) is 11.1. The summed E-state index contributed by atoms with van der Waals surface area (Å²) in [6.45, 7) is 5.25. The maximum absolute atomic E-state index is 13.4. The lowest BCUT2D eigenvalue weighted by Crippen LogP contribution is -2.45. The Morgan fingerprint density at radius 3 is 2.55 bits per heavy atom. The summed E-state index contributed by atoms with van der Waals surface area (Å²) >= 11 is 0. The lowest BCUT2D eigenvalue weighted by Gasteiger charge is -2.36. The Balaban J connectivity index is 1.48. The number of rotatable bonds is 6. The van der Waals surface area contributed by atoms with E-state index in [1.807, 2.05) is 24.8 Å². The molecule has 172 valence electrons. The number of hydrogen-bond acceptors (Lipinski definition) is 6. The highest BCUT2D eigenvalue weighted by Crippen LogP contribution is 2.32. The zero-order valence-electron chi connectivity index (χ0n) is 18.7. The van der Waals surface area contributed by atoms with E-state index in [1.165, 1.54) is 6.07 Å². The lowest BCUT2D eigenvalue weighted by molar-refractivity contribution is -0.384. The predicted octanol–water partition coefficient (Wildman–Crippen LogP) is 3.48. The third-order valence-electron chi connectivity index (χ3n) is 6.15. The van der Waals surface area contributed by atoms with Gasteiger partial charge in [-0.15, -0.1) is 0 Å². The lowest BCUT2D eigenvalue weighted by atomic mass is 9.94. The number of carbonyl (C=O) groups is 1. The number of amides is 1. The molecule has 0 atom stereocenters. The van der Waals surface area contributed by atoms with Crippen molar-refractivity contribution in [3.05, 3.63) is 74.8 Å². The SMILES string of the molecule is CC(C)N(Cc1nc2ccccc2c(=O)[nH]1)C(=O)C1CCN(c2ccccc2[N+](=O)[O-])CC1. The summed E-state index contributed by atoms with van der Waals surface area (Å²) in [7, 11) is 0. The standard InChI is InChI=1S/C24H27N5O4/c1-16(2)28(15-22-25-19-8-4-3-7-18(19)23(30)26-22)24(31)17-11-13-27(14-12-17)20-9-5-6-10-21(20)29(32)33/h3-10,16-17H,11-15H2,1-2H3,(H,25,26,30). The second-order valence-electron chi connectivity index (χ2n) is 8.60. The predicted molar refractivity (Wildman–Crippen MR) is 126 cm³/mol. The van der Waals surface area contributed by atoms with Crippen molar-refractivity contribution in [3.8, 4) is 0 Å². The summed E-state index contributed by atoms with van der Waals surface area (Å²) in [5.74, 6) is 0.291. The minimum absolute atomic E-state index is 0.0167. The number of carbonyl (C=O) groups excluding carboxylic acids is 1. The Morgan fingerprint density at radius 1 is 1.18 bits per heavy atom. The normalized spacial score (nSPS) is 14.6. The molecule has 0 bridgehead atoms. The minimum Gasteiger partial charge on any atom is -0.366 e. The Hall–Kier alpha value is -3.75. The number of H-pyrrole nitrogens is 1. The van der Waals surface area contributed by atoms with Gasteiger partial charge in [-0.05, 0) is 44.9 Å². The first kappa shape index (κ1) is 22.4. The summed E-state index contributed by atoms with van der Waals surface area (Å²) in [6, 6.07) is 13.8. The van der Waals surface area contributed by atoms with Crippen LogP contribution in [0.2, 0.25) is 0 Å². The van der Waals surface area contributed by atoms with Gasteiger partial charge in [-0.2, -0.15) is 0 Å². The van der Waals surface area contributed by atoms with E-state index in [2.05, 4.69) is 9.97 Å². The minimum atomic E-state index is -0.371. The molecule has 1 N–H and O–H groups in total. The van der Waals surface area contributed by atoms with E-state index in [0.29, 0.717) is 48.3 Å². The fourth-order valence-corrected chi connectivity index (χ4v) is 4.37. The molecular weight excluding hydrogens is 422 g/mol. The van der Waals surface area contributed by atoms with Crippen LogP contribution in [0.15, 0.2) is 53.3 Å². The van der Waals surface area contributed by atoms with Crippen molar-refractivity contribution in [3.63, 3.8) is 0 Å². The maximum Gasteiger partial charge on any atom is 0.292 e. The summed E-state index contributed by atoms with van der Waals surface area (Å²) in [4.78, 5) is 47.9. The number of nitro benzene ring substituents is 1. The zero-order chi connectivity index (χ0) is 23.5. The highest BCUT2D eigenvalue weighted by molar-refractivity contribution is 5.80. The highest BCUT2D eigenvalue weighted by Gasteiger charge is 2.32. The van der Waals surface area contributed by atoms with Crippen LogP contribution in [0.4, 0.5) is 11.4 Å². The molecule has 0 spiro atoms. The van der Waals surface area contributed by atoms with E-state index in [0.717, 1.165) is 0 Å². The number of nitrogens with zero attached hydrogens (tertiary/aromatic N) is 4. The number of hydrogen-bond donors (Lipinski definition) is 1. The van der Waals surface area contributed by atoms with Crippen molar-refractivity contribution in [2.45, 2.75) is 39.3 Å². The van der Waals surface area contributed by atoms with E-state index in [1.54, 1.807) is 41.3 Å². The van der Waals surface area contributed by atoms with Crippen molar-refractivity contribution in [2.75, 3.05) is 18.0 Å². The number of nitrogens with one attached hydrogen (secondary N) is 1. The molecule has 0 radical (unpaired) electrons. The molecule has 9 nitrogen and oxygen atoms in total. The largest absolute Gasteiger partial charge is 0.366 e. The monoisotopic (exact) mass is 449 g/mol. The van der Waals surface area contributed by atoms with Gasteiger partial charge < -0.3 is 14.8 Å². The Bertz CT molecular complexity index is 1230. The van der Waals surface area contributed by atoms with E-state index in [4.69, 9.17) is 0 Å². The second-order valence-corrected chi connectivity index (χ2v) is 8.60. The molecule has 2 aromatic carbocycles. The number of anilines is 1. The Labute approximate surface area is 191 Å². The van der Waals surface area contributed by atoms with Crippen molar-refractivity contribution in [2.24, 2.45) is 5.92 Å². The molecule has 33 heavy (non-hydrogen) atoms. The fourth-order valence-electron chi connectivity index (χ4n) is 4.37. The molecule has 0 unspecified atom stereocenters. The molecule has 9 heteroatoms.